The van der Waals surface area contributed by atoms with Crippen LogP contribution in [0.4, 0.5) is 5.82 Å². The number of amides is 1. The summed E-state index contributed by atoms with van der Waals surface area (Å²) in [5.74, 6) is -0.263. The fourth-order valence-corrected chi connectivity index (χ4v) is 3.36. The number of aromatic nitrogens is 2. The maximum absolute atomic E-state index is 12.4. The molecule has 1 aliphatic rings. The van der Waals surface area contributed by atoms with Crippen molar-refractivity contribution in [1.82, 2.24) is 15.1 Å². The molecule has 4 N–H and O–H groups in total. The molecule has 1 amide bonds. The van der Waals surface area contributed by atoms with E-state index in [-0.39, 0.29) is 17.1 Å². The van der Waals surface area contributed by atoms with Crippen LogP contribution in [0.3, 0.4) is 0 Å². The van der Waals surface area contributed by atoms with Crippen LogP contribution >= 0.6 is 0 Å². The minimum absolute atomic E-state index is 0.166. The van der Waals surface area contributed by atoms with E-state index in [4.69, 9.17) is 0 Å². The van der Waals surface area contributed by atoms with E-state index in [2.05, 4.69) is 32.5 Å². The van der Waals surface area contributed by atoms with Gasteiger partial charge in [0.25, 0.3) is 5.91 Å². The summed E-state index contributed by atoms with van der Waals surface area (Å²) in [5, 5.41) is 29.1. The Kier molecular flexibility index (Phi) is 4.52. The second kappa shape index (κ2) is 7.13. The van der Waals surface area contributed by atoms with Gasteiger partial charge >= 0.3 is 0 Å². The number of anilines is 1. The first-order chi connectivity index (χ1) is 13.1. The molecule has 1 aromatic heterocycles. The number of nitrogens with one attached hydrogen (secondary N) is 2. The first kappa shape index (κ1) is 17.1. The average molecular weight is 364 g/mol. The van der Waals surface area contributed by atoms with Crippen LogP contribution in [-0.4, -0.2) is 37.8 Å². The molecular formula is C20H20N4O3. The number of aromatic amines is 1. The van der Waals surface area contributed by atoms with Crippen LogP contribution in [-0.2, 0) is 19.5 Å². The zero-order valence-electron chi connectivity index (χ0n) is 14.6. The average Bonchev–Trinajstić information content (AvgIpc) is 3.04. The molecule has 0 unspecified atom stereocenters. The quantitative estimate of drug-likeness (QED) is 0.570. The molecule has 0 spiro atoms. The molecule has 1 aliphatic heterocycles. The normalized spacial score (nSPS) is 13.9. The minimum atomic E-state index is -0.429. The monoisotopic (exact) mass is 364 g/mol. The lowest BCUT2D eigenvalue weighted by Gasteiger charge is -2.26. The highest BCUT2D eigenvalue weighted by molar-refractivity contribution is 6.04. The van der Waals surface area contributed by atoms with E-state index >= 15 is 0 Å². The van der Waals surface area contributed by atoms with Crippen molar-refractivity contribution in [2.75, 3.05) is 11.9 Å². The van der Waals surface area contributed by atoms with Crippen molar-refractivity contribution in [3.8, 4) is 11.5 Å². The Balaban J connectivity index is 1.46. The number of aromatic hydroxyl groups is 2. The predicted octanol–water partition coefficient (Wildman–Crippen LogP) is 2.63. The van der Waals surface area contributed by atoms with Crippen LogP contribution in [0, 0.1) is 0 Å². The molecule has 0 atom stereocenters. The van der Waals surface area contributed by atoms with E-state index in [1.807, 2.05) is 18.2 Å². The smallest absolute Gasteiger partial charge is 0.257 e. The number of carbonyl (C=O) groups is 1. The summed E-state index contributed by atoms with van der Waals surface area (Å²) in [4.78, 5) is 14.7. The second-order valence-electron chi connectivity index (χ2n) is 6.67. The predicted molar refractivity (Wildman–Crippen MR) is 101 cm³/mol. The van der Waals surface area contributed by atoms with Gasteiger partial charge < -0.3 is 15.5 Å². The molecule has 2 aromatic carbocycles. The van der Waals surface area contributed by atoms with Crippen LogP contribution in [0.2, 0.25) is 0 Å². The number of rotatable bonds is 4. The highest BCUT2D eigenvalue weighted by Crippen LogP contribution is 2.26. The lowest BCUT2D eigenvalue weighted by Crippen LogP contribution is -2.30. The summed E-state index contributed by atoms with van der Waals surface area (Å²) in [6.07, 6.45) is 0.777. The van der Waals surface area contributed by atoms with Gasteiger partial charge in [-0.3, -0.25) is 14.8 Å². The fraction of sp³-hybridized carbons (Fsp3) is 0.200. The molecule has 0 aliphatic carbocycles. The largest absolute Gasteiger partial charge is 0.508 e. The first-order valence-electron chi connectivity index (χ1n) is 8.75. The van der Waals surface area contributed by atoms with Crippen LogP contribution in [0.5, 0.6) is 11.5 Å². The standard InChI is InChI=1S/C20H20N4O3/c25-15-8-14(9-16(26)10-15)20(27)21-19-17-6-7-24(12-18(17)22-23-19)11-13-4-2-1-3-5-13/h1-5,8-10,25-26H,6-7,11-12H2,(H2,21,22,23,27). The van der Waals surface area contributed by atoms with Crippen LogP contribution in [0.25, 0.3) is 0 Å². The number of benzene rings is 2. The maximum atomic E-state index is 12.4. The summed E-state index contributed by atoms with van der Waals surface area (Å²) >= 11 is 0. The molecule has 0 fully saturated rings. The summed E-state index contributed by atoms with van der Waals surface area (Å²) < 4.78 is 0. The van der Waals surface area contributed by atoms with Gasteiger partial charge in [-0.25, -0.2) is 0 Å². The van der Waals surface area contributed by atoms with Crippen molar-refractivity contribution in [2.24, 2.45) is 0 Å². The topological polar surface area (TPSA) is 101 Å². The van der Waals surface area contributed by atoms with E-state index < -0.39 is 5.91 Å². The van der Waals surface area contributed by atoms with Crippen molar-refractivity contribution in [1.29, 1.82) is 0 Å². The van der Waals surface area contributed by atoms with Crippen molar-refractivity contribution in [3.05, 3.63) is 70.9 Å². The summed E-state index contributed by atoms with van der Waals surface area (Å²) in [6.45, 7) is 2.47. The number of phenols is 2. The Bertz CT molecular complexity index is 948. The Morgan fingerprint density at radius 3 is 2.63 bits per heavy atom. The van der Waals surface area contributed by atoms with E-state index in [1.165, 1.54) is 23.8 Å². The number of nitrogens with zero attached hydrogens (tertiary/aromatic N) is 2. The van der Waals surface area contributed by atoms with E-state index in [0.29, 0.717) is 5.82 Å². The van der Waals surface area contributed by atoms with Crippen LogP contribution in [0.15, 0.2) is 48.5 Å². The number of fused-ring (bicyclic) bond motifs is 1. The Hall–Kier alpha value is -3.32. The number of hydrogen-bond donors (Lipinski definition) is 4. The summed E-state index contributed by atoms with van der Waals surface area (Å²) in [6, 6.07) is 14.1. The van der Waals surface area contributed by atoms with Gasteiger partial charge in [0.05, 0.1) is 5.69 Å². The molecule has 27 heavy (non-hydrogen) atoms. The highest BCUT2D eigenvalue weighted by Gasteiger charge is 2.23. The number of H-pyrrole nitrogens is 1. The van der Waals surface area contributed by atoms with E-state index in [9.17, 15) is 15.0 Å². The molecule has 3 aromatic rings. The molecule has 0 saturated carbocycles. The third kappa shape index (κ3) is 3.78. The summed E-state index contributed by atoms with van der Waals surface area (Å²) in [7, 11) is 0. The van der Waals surface area contributed by atoms with Crippen molar-refractivity contribution in [3.63, 3.8) is 0 Å². The van der Waals surface area contributed by atoms with Crippen molar-refractivity contribution < 1.29 is 15.0 Å². The zero-order chi connectivity index (χ0) is 18.8. The highest BCUT2D eigenvalue weighted by atomic mass is 16.3. The molecule has 0 saturated heterocycles. The Labute approximate surface area is 156 Å². The number of hydrogen-bond acceptors (Lipinski definition) is 5. The number of carbonyl (C=O) groups excluding carboxylic acids is 1. The summed E-state index contributed by atoms with van der Waals surface area (Å²) in [5.41, 5.74) is 3.42. The van der Waals surface area contributed by atoms with E-state index in [0.717, 1.165) is 37.3 Å². The molecule has 4 rings (SSSR count). The van der Waals surface area contributed by atoms with Gasteiger partial charge in [0.15, 0.2) is 5.82 Å². The van der Waals surface area contributed by atoms with Crippen LogP contribution in [0.1, 0.15) is 27.2 Å². The third-order valence-corrected chi connectivity index (χ3v) is 4.66. The SMILES string of the molecule is O=C(Nc1n[nH]c2c1CCN(Cc1ccccc1)C2)c1cc(O)cc(O)c1. The third-order valence-electron chi connectivity index (χ3n) is 4.66. The minimum Gasteiger partial charge on any atom is -0.508 e. The zero-order valence-corrected chi connectivity index (χ0v) is 14.6. The van der Waals surface area contributed by atoms with Crippen LogP contribution < -0.4 is 5.32 Å². The van der Waals surface area contributed by atoms with Gasteiger partial charge in [-0.05, 0) is 24.1 Å². The first-order valence-corrected chi connectivity index (χ1v) is 8.75. The van der Waals surface area contributed by atoms with Crippen molar-refractivity contribution >= 4 is 11.7 Å². The van der Waals surface area contributed by atoms with Gasteiger partial charge in [0, 0.05) is 36.8 Å². The molecular weight excluding hydrogens is 344 g/mol. The lowest BCUT2D eigenvalue weighted by molar-refractivity contribution is 0.102. The van der Waals surface area contributed by atoms with Gasteiger partial charge in [-0.2, -0.15) is 5.10 Å². The van der Waals surface area contributed by atoms with E-state index in [1.54, 1.807) is 0 Å². The Morgan fingerprint density at radius 2 is 1.89 bits per heavy atom. The van der Waals surface area contributed by atoms with Gasteiger partial charge in [0.2, 0.25) is 0 Å². The Morgan fingerprint density at radius 1 is 1.15 bits per heavy atom. The molecule has 7 nitrogen and oxygen atoms in total. The van der Waals surface area contributed by atoms with Gasteiger partial charge in [-0.1, -0.05) is 30.3 Å². The molecule has 7 heteroatoms. The fourth-order valence-electron chi connectivity index (χ4n) is 3.36. The number of phenolic OH excluding ortho intramolecular Hbond substituents is 2. The lowest BCUT2D eigenvalue weighted by atomic mass is 10.1. The molecule has 2 heterocycles. The second-order valence-corrected chi connectivity index (χ2v) is 6.67. The molecule has 138 valence electrons. The molecule has 0 bridgehead atoms. The van der Waals surface area contributed by atoms with Crippen molar-refractivity contribution in [2.45, 2.75) is 19.5 Å². The maximum Gasteiger partial charge on any atom is 0.257 e. The van der Waals surface area contributed by atoms with Gasteiger partial charge in [0.1, 0.15) is 11.5 Å². The van der Waals surface area contributed by atoms with Gasteiger partial charge in [-0.15, -0.1) is 0 Å². The molecule has 0 radical (unpaired) electrons.